The van der Waals surface area contributed by atoms with Crippen molar-refractivity contribution in [2.45, 2.75) is 25.4 Å². The molecule has 2 heterocycles. The van der Waals surface area contributed by atoms with Gasteiger partial charge in [0.1, 0.15) is 0 Å². The maximum atomic E-state index is 12.3. The third-order valence-electron chi connectivity index (χ3n) is 3.65. The summed E-state index contributed by atoms with van der Waals surface area (Å²) in [5, 5.41) is 3.37. The fraction of sp³-hybridized carbons (Fsp3) is 0.462. The molecule has 2 aliphatic heterocycles. The molecule has 1 saturated heterocycles. The van der Waals surface area contributed by atoms with Crippen molar-refractivity contribution in [2.24, 2.45) is 0 Å². The highest BCUT2D eigenvalue weighted by molar-refractivity contribution is 9.10. The van der Waals surface area contributed by atoms with Crippen molar-refractivity contribution in [3.8, 4) is 0 Å². The molecule has 0 spiro atoms. The van der Waals surface area contributed by atoms with Crippen molar-refractivity contribution in [3.05, 3.63) is 33.8 Å². The molecule has 0 saturated carbocycles. The summed E-state index contributed by atoms with van der Waals surface area (Å²) in [6.07, 6.45) is 2.27. The summed E-state index contributed by atoms with van der Waals surface area (Å²) < 4.78 is 1.05. The van der Waals surface area contributed by atoms with Gasteiger partial charge in [0.15, 0.2) is 0 Å². The Labute approximate surface area is 109 Å². The molecular formula is C13H15BrN2O. The highest BCUT2D eigenvalue weighted by Gasteiger charge is 2.33. The van der Waals surface area contributed by atoms with Crippen LogP contribution in [0.2, 0.25) is 0 Å². The van der Waals surface area contributed by atoms with E-state index in [-0.39, 0.29) is 5.91 Å². The molecule has 1 unspecified atom stereocenters. The van der Waals surface area contributed by atoms with Crippen molar-refractivity contribution in [3.63, 3.8) is 0 Å². The standard InChI is InChI=1S/C13H15BrN2O/c14-12-5-1-4-10-11(12)8-16(13(10)17)9-3-2-6-15-7-9/h1,4-5,9,15H,2-3,6-8H2. The fourth-order valence-electron chi connectivity index (χ4n) is 2.71. The van der Waals surface area contributed by atoms with Gasteiger partial charge in [0, 0.05) is 29.2 Å². The van der Waals surface area contributed by atoms with E-state index in [0.29, 0.717) is 6.04 Å². The first-order chi connectivity index (χ1) is 8.27. The number of carbonyl (C=O) groups is 1. The van der Waals surface area contributed by atoms with Crippen LogP contribution in [0.15, 0.2) is 22.7 Å². The van der Waals surface area contributed by atoms with Crippen LogP contribution < -0.4 is 5.32 Å². The molecule has 0 bridgehead atoms. The number of hydrogen-bond donors (Lipinski definition) is 1. The molecule has 1 atom stereocenters. The third kappa shape index (κ3) is 1.89. The highest BCUT2D eigenvalue weighted by Crippen LogP contribution is 2.31. The first-order valence-electron chi connectivity index (χ1n) is 6.06. The Kier molecular flexibility index (Phi) is 2.92. The van der Waals surface area contributed by atoms with Gasteiger partial charge < -0.3 is 10.2 Å². The maximum absolute atomic E-state index is 12.3. The summed E-state index contributed by atoms with van der Waals surface area (Å²) in [5.41, 5.74) is 2.01. The van der Waals surface area contributed by atoms with Gasteiger partial charge in [-0.1, -0.05) is 22.0 Å². The molecule has 17 heavy (non-hydrogen) atoms. The zero-order valence-corrected chi connectivity index (χ0v) is 11.2. The van der Waals surface area contributed by atoms with Crippen molar-refractivity contribution >= 4 is 21.8 Å². The van der Waals surface area contributed by atoms with Crippen LogP contribution in [0.3, 0.4) is 0 Å². The molecule has 3 nitrogen and oxygen atoms in total. The van der Waals surface area contributed by atoms with Gasteiger partial charge in [0.2, 0.25) is 0 Å². The van der Waals surface area contributed by atoms with E-state index in [1.807, 2.05) is 23.1 Å². The van der Waals surface area contributed by atoms with Crippen LogP contribution in [-0.4, -0.2) is 29.9 Å². The van der Waals surface area contributed by atoms with Crippen LogP contribution in [0.25, 0.3) is 0 Å². The Hall–Kier alpha value is -0.870. The highest BCUT2D eigenvalue weighted by atomic mass is 79.9. The lowest BCUT2D eigenvalue weighted by atomic mass is 10.1. The fourth-order valence-corrected chi connectivity index (χ4v) is 3.20. The van der Waals surface area contributed by atoms with Gasteiger partial charge in [-0.05, 0) is 37.1 Å². The molecule has 4 heteroatoms. The van der Waals surface area contributed by atoms with E-state index in [9.17, 15) is 4.79 Å². The van der Waals surface area contributed by atoms with Crippen molar-refractivity contribution in [1.82, 2.24) is 10.2 Å². The maximum Gasteiger partial charge on any atom is 0.254 e. The number of benzene rings is 1. The smallest absolute Gasteiger partial charge is 0.254 e. The molecule has 3 rings (SSSR count). The van der Waals surface area contributed by atoms with Gasteiger partial charge in [-0.3, -0.25) is 4.79 Å². The van der Waals surface area contributed by atoms with E-state index in [1.165, 1.54) is 0 Å². The predicted octanol–water partition coefficient (Wildman–Crippen LogP) is 2.16. The van der Waals surface area contributed by atoms with Crippen LogP contribution in [0, 0.1) is 0 Å². The Morgan fingerprint density at radius 3 is 3.00 bits per heavy atom. The van der Waals surface area contributed by atoms with E-state index < -0.39 is 0 Å². The number of rotatable bonds is 1. The Balaban J connectivity index is 1.88. The molecule has 1 aromatic carbocycles. The first-order valence-corrected chi connectivity index (χ1v) is 6.86. The van der Waals surface area contributed by atoms with Crippen LogP contribution in [0.5, 0.6) is 0 Å². The number of amides is 1. The third-order valence-corrected chi connectivity index (χ3v) is 4.39. The summed E-state index contributed by atoms with van der Waals surface area (Å²) in [6.45, 7) is 2.76. The van der Waals surface area contributed by atoms with Gasteiger partial charge in [-0.25, -0.2) is 0 Å². The summed E-state index contributed by atoms with van der Waals surface area (Å²) in [7, 11) is 0. The van der Waals surface area contributed by atoms with Gasteiger partial charge in [-0.2, -0.15) is 0 Å². The second-order valence-electron chi connectivity index (χ2n) is 4.70. The van der Waals surface area contributed by atoms with Crippen molar-refractivity contribution in [1.29, 1.82) is 0 Å². The molecule has 2 aliphatic rings. The van der Waals surface area contributed by atoms with Crippen LogP contribution >= 0.6 is 15.9 Å². The minimum Gasteiger partial charge on any atom is -0.330 e. The second kappa shape index (κ2) is 4.42. The Bertz CT molecular complexity index is 455. The molecule has 0 radical (unpaired) electrons. The minimum atomic E-state index is 0.190. The molecule has 1 aromatic rings. The average Bonchev–Trinajstić information content (AvgIpc) is 2.70. The molecule has 0 aliphatic carbocycles. The average molecular weight is 295 g/mol. The number of piperidine rings is 1. The van der Waals surface area contributed by atoms with E-state index in [0.717, 1.165) is 48.1 Å². The summed E-state index contributed by atoms with van der Waals surface area (Å²) in [4.78, 5) is 14.3. The molecule has 1 amide bonds. The monoisotopic (exact) mass is 294 g/mol. The summed E-state index contributed by atoms with van der Waals surface area (Å²) in [6, 6.07) is 6.23. The first kappa shape index (κ1) is 11.2. The number of nitrogens with zero attached hydrogens (tertiary/aromatic N) is 1. The lowest BCUT2D eigenvalue weighted by Gasteiger charge is -2.31. The van der Waals surface area contributed by atoms with E-state index in [2.05, 4.69) is 21.2 Å². The Morgan fingerprint density at radius 1 is 1.41 bits per heavy atom. The quantitative estimate of drug-likeness (QED) is 0.861. The second-order valence-corrected chi connectivity index (χ2v) is 5.55. The molecule has 0 aromatic heterocycles. The largest absolute Gasteiger partial charge is 0.330 e. The van der Waals surface area contributed by atoms with Gasteiger partial charge in [0.25, 0.3) is 5.91 Å². The molecule has 1 N–H and O–H groups in total. The van der Waals surface area contributed by atoms with Crippen LogP contribution in [0.4, 0.5) is 0 Å². The lowest BCUT2D eigenvalue weighted by Crippen LogP contribution is -2.46. The molecule has 90 valence electrons. The zero-order valence-electron chi connectivity index (χ0n) is 9.58. The number of hydrogen-bond acceptors (Lipinski definition) is 2. The van der Waals surface area contributed by atoms with E-state index >= 15 is 0 Å². The normalized spacial score (nSPS) is 23.9. The van der Waals surface area contributed by atoms with Gasteiger partial charge in [-0.15, -0.1) is 0 Å². The number of carbonyl (C=O) groups excluding carboxylic acids is 1. The lowest BCUT2D eigenvalue weighted by molar-refractivity contribution is 0.0674. The minimum absolute atomic E-state index is 0.190. The van der Waals surface area contributed by atoms with Crippen molar-refractivity contribution < 1.29 is 4.79 Å². The number of fused-ring (bicyclic) bond motifs is 1. The SMILES string of the molecule is O=C1c2cccc(Br)c2CN1C1CCCNC1. The van der Waals surface area contributed by atoms with E-state index in [1.54, 1.807) is 0 Å². The summed E-state index contributed by atoms with van der Waals surface area (Å²) >= 11 is 3.53. The molecular weight excluding hydrogens is 280 g/mol. The predicted molar refractivity (Wildman–Crippen MR) is 69.9 cm³/mol. The van der Waals surface area contributed by atoms with Crippen molar-refractivity contribution in [2.75, 3.05) is 13.1 Å². The zero-order chi connectivity index (χ0) is 11.8. The number of nitrogens with one attached hydrogen (secondary N) is 1. The molecule has 1 fully saturated rings. The van der Waals surface area contributed by atoms with Crippen LogP contribution in [-0.2, 0) is 6.54 Å². The van der Waals surface area contributed by atoms with Crippen LogP contribution in [0.1, 0.15) is 28.8 Å². The topological polar surface area (TPSA) is 32.3 Å². The van der Waals surface area contributed by atoms with E-state index in [4.69, 9.17) is 0 Å². The number of halogens is 1. The van der Waals surface area contributed by atoms with Gasteiger partial charge in [0.05, 0.1) is 0 Å². The Morgan fingerprint density at radius 2 is 2.29 bits per heavy atom. The van der Waals surface area contributed by atoms with Gasteiger partial charge >= 0.3 is 0 Å². The summed E-state index contributed by atoms with van der Waals surface area (Å²) in [5.74, 6) is 0.190.